The Hall–Kier alpha value is 0.568. The molecule has 0 rings (SSSR count). The van der Waals surface area contributed by atoms with Crippen molar-refractivity contribution in [3.05, 3.63) is 0 Å². The molecule has 0 aromatic rings. The van der Waals surface area contributed by atoms with E-state index < -0.39 is 0 Å². The van der Waals surface area contributed by atoms with Crippen LogP contribution in [0.5, 0.6) is 0 Å². The van der Waals surface area contributed by atoms with Gasteiger partial charge in [-0.15, -0.1) is 0 Å². The summed E-state index contributed by atoms with van der Waals surface area (Å²) in [5.41, 5.74) is 0. The molecule has 4 heteroatoms. The minimum Gasteiger partial charge on any atom is -0.397 e. The summed E-state index contributed by atoms with van der Waals surface area (Å²) in [4.78, 5) is 0. The van der Waals surface area contributed by atoms with Crippen LogP contribution in [0.15, 0.2) is 0 Å². The largest absolute Gasteiger partial charge is 0.397 e. The van der Waals surface area contributed by atoms with Crippen molar-refractivity contribution >= 4 is 0 Å². The third-order valence-corrected chi connectivity index (χ3v) is 0. The number of hydrogen-bond acceptors (Lipinski definition) is 3. The van der Waals surface area contributed by atoms with E-state index in [4.69, 9.17) is 15.3 Å². The van der Waals surface area contributed by atoms with E-state index in [1.807, 2.05) is 0 Å². The predicted octanol–water partition coefficient (Wildman–Crippen LogP) is -0.00670. The Morgan fingerprint density at radius 2 is 0.700 bits per heavy atom. The van der Waals surface area contributed by atoms with Gasteiger partial charge in [-0.25, -0.2) is 0 Å². The van der Waals surface area contributed by atoms with E-state index >= 15 is 0 Å². The van der Waals surface area contributed by atoms with Crippen LogP contribution >= 0.6 is 0 Å². The van der Waals surface area contributed by atoms with Crippen LogP contribution in [0.4, 0.5) is 0 Å². The van der Waals surface area contributed by atoms with Crippen LogP contribution in [0.25, 0.3) is 0 Å². The minimum atomic E-state index is 0. The maximum atomic E-state index is 7.57. The Morgan fingerprint density at radius 1 is 0.700 bits per heavy atom. The van der Waals surface area contributed by atoms with Gasteiger partial charge >= 0.3 is 0 Å². The zero-order chi connectivity index (χ0) is 8.12. The Balaban J connectivity index is -0.0000000257. The van der Waals surface area contributed by atoms with E-state index in [-0.39, 0.29) is 40.9 Å². The van der Waals surface area contributed by atoms with Gasteiger partial charge in [0.1, 0.15) is 0 Å². The molecule has 0 amide bonds. The fourth-order valence-corrected chi connectivity index (χ4v) is 0. The molecule has 0 bridgehead atoms. The van der Waals surface area contributed by atoms with Crippen molar-refractivity contribution in [3.8, 4) is 0 Å². The summed E-state index contributed by atoms with van der Waals surface area (Å²) in [5, 5.41) is 22.7. The monoisotopic (exact) mass is 333 g/mol. The van der Waals surface area contributed by atoms with Gasteiger partial charge in [0.05, 0.1) is 0 Å². The van der Waals surface area contributed by atoms with Crippen LogP contribution < -0.4 is 0 Å². The summed E-state index contributed by atoms with van der Waals surface area (Å²) in [6, 6.07) is 0. The third-order valence-electron chi connectivity index (χ3n) is 0. The second-order valence-corrected chi connectivity index (χ2v) is 0.949. The normalized spacial score (nSPS) is 5.40. The van der Waals surface area contributed by atoms with Crippen LogP contribution in [-0.4, -0.2) is 35.1 Å². The summed E-state index contributed by atoms with van der Waals surface area (Å²) in [6.07, 6.45) is 0. The summed E-state index contributed by atoms with van der Waals surface area (Å²) in [5.74, 6) is 0. The number of hydrogen-bond donors (Lipinski definition) is 3. The first kappa shape index (κ1) is 22.4. The molecule has 0 spiro atoms. The van der Waals surface area contributed by atoms with Gasteiger partial charge in [-0.3, -0.25) is 0 Å². The minimum absolute atomic E-state index is 0. The smallest absolute Gasteiger partial charge is 0.0402 e. The molecule has 3 N–H and O–H groups in total. The van der Waals surface area contributed by atoms with Crippen molar-refractivity contribution in [1.82, 2.24) is 0 Å². The van der Waals surface area contributed by atoms with Crippen LogP contribution in [0.3, 0.4) is 0 Å². The Labute approximate surface area is 77.3 Å². The maximum absolute atomic E-state index is 7.57. The second kappa shape index (κ2) is 55.2. The summed E-state index contributed by atoms with van der Waals surface area (Å²) >= 11 is 0. The molecule has 0 aliphatic rings. The number of aliphatic hydroxyl groups is 3. The predicted molar refractivity (Wildman–Crippen MR) is 38.3 cm³/mol. The van der Waals surface area contributed by atoms with Crippen molar-refractivity contribution in [2.75, 3.05) is 19.8 Å². The molecule has 0 unspecified atom stereocenters. The van der Waals surface area contributed by atoms with Crippen molar-refractivity contribution in [2.45, 2.75) is 20.8 Å². The summed E-state index contributed by atoms with van der Waals surface area (Å²) in [7, 11) is 0. The van der Waals surface area contributed by atoms with Gasteiger partial charge in [0, 0.05) is 40.9 Å². The number of aliphatic hydroxyl groups excluding tert-OH is 3. The van der Waals surface area contributed by atoms with Gasteiger partial charge in [0.15, 0.2) is 0 Å². The summed E-state index contributed by atoms with van der Waals surface area (Å²) in [6.45, 7) is 5.79. The van der Waals surface area contributed by atoms with Gasteiger partial charge in [0.25, 0.3) is 0 Å². The van der Waals surface area contributed by atoms with E-state index in [2.05, 4.69) is 0 Å². The van der Waals surface area contributed by atoms with Gasteiger partial charge in [-0.2, -0.15) is 0 Å². The SMILES string of the molecule is CCO.CCO.CCO.[Pt]. The first-order chi connectivity index (χ1) is 4.24. The van der Waals surface area contributed by atoms with Gasteiger partial charge in [-0.05, 0) is 20.8 Å². The van der Waals surface area contributed by atoms with E-state index in [1.54, 1.807) is 20.8 Å². The molecule has 0 radical (unpaired) electrons. The fourth-order valence-electron chi connectivity index (χ4n) is 0. The standard InChI is InChI=1S/3C2H6O.Pt/c3*1-2-3;/h3*3H,2H2,1H3;. The zero-order valence-electron chi connectivity index (χ0n) is 6.78. The number of rotatable bonds is 0. The van der Waals surface area contributed by atoms with Gasteiger partial charge < -0.3 is 15.3 Å². The van der Waals surface area contributed by atoms with E-state index in [1.165, 1.54) is 0 Å². The zero-order valence-corrected chi connectivity index (χ0v) is 9.05. The molecular weight excluding hydrogens is 315 g/mol. The molecule has 10 heavy (non-hydrogen) atoms. The third kappa shape index (κ3) is 1520. The van der Waals surface area contributed by atoms with E-state index in [0.29, 0.717) is 0 Å². The molecule has 0 aliphatic heterocycles. The Bertz CT molecular complexity index is 17.7. The van der Waals surface area contributed by atoms with Gasteiger partial charge in [-0.1, -0.05) is 0 Å². The fraction of sp³-hybridized carbons (Fsp3) is 1.00. The molecule has 0 aromatic carbocycles. The van der Waals surface area contributed by atoms with Crippen molar-refractivity contribution in [1.29, 1.82) is 0 Å². The Kier molecular flexibility index (Phi) is 124. The second-order valence-electron chi connectivity index (χ2n) is 0.949. The molecule has 3 nitrogen and oxygen atoms in total. The van der Waals surface area contributed by atoms with Gasteiger partial charge in [0.2, 0.25) is 0 Å². The van der Waals surface area contributed by atoms with E-state index in [9.17, 15) is 0 Å². The van der Waals surface area contributed by atoms with Crippen LogP contribution in [0.1, 0.15) is 20.8 Å². The molecule has 0 saturated carbocycles. The van der Waals surface area contributed by atoms with Crippen molar-refractivity contribution in [3.63, 3.8) is 0 Å². The summed E-state index contributed by atoms with van der Waals surface area (Å²) < 4.78 is 0. The molecule has 0 atom stereocenters. The first-order valence-corrected chi connectivity index (χ1v) is 3.07. The topological polar surface area (TPSA) is 60.7 Å². The van der Waals surface area contributed by atoms with Crippen LogP contribution in [0, 0.1) is 0 Å². The molecular formula is C6H18O3Pt. The van der Waals surface area contributed by atoms with Crippen molar-refractivity contribution in [2.24, 2.45) is 0 Å². The molecule has 0 saturated heterocycles. The van der Waals surface area contributed by atoms with Crippen LogP contribution in [-0.2, 0) is 21.1 Å². The average molecular weight is 333 g/mol. The average Bonchev–Trinajstić information content (AvgIpc) is 1.70. The molecule has 70 valence electrons. The van der Waals surface area contributed by atoms with Crippen LogP contribution in [0.2, 0.25) is 0 Å². The van der Waals surface area contributed by atoms with E-state index in [0.717, 1.165) is 0 Å². The first-order valence-electron chi connectivity index (χ1n) is 3.07. The molecule has 0 fully saturated rings. The molecule has 0 aliphatic carbocycles. The molecule has 0 aromatic heterocycles. The Morgan fingerprint density at radius 3 is 0.700 bits per heavy atom. The quantitative estimate of drug-likeness (QED) is 0.585. The molecule has 0 heterocycles. The van der Waals surface area contributed by atoms with Crippen molar-refractivity contribution < 1.29 is 36.4 Å². The maximum Gasteiger partial charge on any atom is 0.0402 e.